The fraction of sp³-hybridized carbons (Fsp3) is 0.629. The van der Waals surface area contributed by atoms with Gasteiger partial charge >= 0.3 is 0 Å². The van der Waals surface area contributed by atoms with Crippen LogP contribution in [0.2, 0.25) is 0 Å². The number of halogens is 1. The number of aryl methyl sites for hydroxylation is 1. The van der Waals surface area contributed by atoms with Crippen molar-refractivity contribution in [3.8, 4) is 0 Å². The van der Waals surface area contributed by atoms with Crippen molar-refractivity contribution in [2.45, 2.75) is 83.5 Å². The van der Waals surface area contributed by atoms with Gasteiger partial charge in [-0.25, -0.2) is 4.39 Å². The fourth-order valence-electron chi connectivity index (χ4n) is 6.87. The molecule has 1 saturated heterocycles. The zero-order valence-corrected chi connectivity index (χ0v) is 28.7. The maximum atomic E-state index is 15.8. The number of methoxy groups -OCH3 is 1. The number of ether oxygens (including phenoxy) is 1. The lowest BCUT2D eigenvalue weighted by Gasteiger charge is -2.36. The van der Waals surface area contributed by atoms with Crippen LogP contribution >= 0.6 is 0 Å². The largest absolute Gasteiger partial charge is 0.372 e. The molecule has 1 aromatic heterocycles. The SMILES string of the molecule is CC[C@@H](OC)C(=O)N[C@@H](C(=O)N1CCN(C)CC1)[C@@H](C)c1ccc(NC(=O)[C@@H](NC(=O)c2ccnn2CC)C(C2CC2)C2CC2)c(F)c1. The average molecular weight is 668 g/mol. The van der Waals surface area contributed by atoms with E-state index in [2.05, 4.69) is 25.9 Å². The number of hydrogen-bond donors (Lipinski definition) is 3. The summed E-state index contributed by atoms with van der Waals surface area (Å²) in [5.74, 6) is -2.09. The predicted octanol–water partition coefficient (Wildman–Crippen LogP) is 3.00. The standard InChI is InChI=1S/C35H50FN7O5/c1-6-28(48-5)33(45)39-30(35(47)42-18-16-41(4)17-19-42)21(3)24-12-13-26(25(36)20-24)38-34(46)31(29(22-8-9-22)23-10-11-23)40-32(44)27-14-15-37-43(27)7-2/h12-15,20-23,28-31H,6-11,16-19H2,1-5H3,(H,38,46)(H,39,45)(H,40,44)/t21-,28+,30+,31-/m0/s1. The first kappa shape index (κ1) is 35.5. The van der Waals surface area contributed by atoms with Crippen LogP contribution in [-0.4, -0.2) is 102 Å². The topological polar surface area (TPSA) is 138 Å². The van der Waals surface area contributed by atoms with Crippen LogP contribution in [0.3, 0.4) is 0 Å². The number of piperazine rings is 1. The van der Waals surface area contributed by atoms with E-state index in [1.807, 2.05) is 20.9 Å². The molecule has 2 heterocycles. The molecule has 0 bridgehead atoms. The van der Waals surface area contributed by atoms with E-state index in [1.165, 1.54) is 19.2 Å². The molecule has 0 spiro atoms. The molecule has 13 heteroatoms. The summed E-state index contributed by atoms with van der Waals surface area (Å²) < 4.78 is 22.7. The van der Waals surface area contributed by atoms with Gasteiger partial charge < -0.3 is 30.5 Å². The third-order valence-corrected chi connectivity index (χ3v) is 10.1. The molecule has 3 fully saturated rings. The van der Waals surface area contributed by atoms with Crippen LogP contribution in [0.4, 0.5) is 10.1 Å². The van der Waals surface area contributed by atoms with E-state index < -0.39 is 41.7 Å². The summed E-state index contributed by atoms with van der Waals surface area (Å²) in [7, 11) is 3.44. The lowest BCUT2D eigenvalue weighted by atomic mass is 9.88. The van der Waals surface area contributed by atoms with Crippen molar-refractivity contribution < 1.29 is 28.3 Å². The molecule has 0 radical (unpaired) electrons. The molecule has 1 aliphatic heterocycles. The Bertz CT molecular complexity index is 1450. The molecule has 2 saturated carbocycles. The number of benzene rings is 1. The number of amides is 4. The Balaban J connectivity index is 1.35. The molecule has 2 aliphatic carbocycles. The van der Waals surface area contributed by atoms with Crippen LogP contribution in [0.5, 0.6) is 0 Å². The Labute approximate surface area is 282 Å². The van der Waals surface area contributed by atoms with Gasteiger partial charge in [0.15, 0.2) is 0 Å². The van der Waals surface area contributed by atoms with Crippen molar-refractivity contribution in [1.82, 2.24) is 30.2 Å². The maximum absolute atomic E-state index is 15.8. The first-order valence-electron chi connectivity index (χ1n) is 17.3. The normalized spacial score (nSPS) is 19.4. The van der Waals surface area contributed by atoms with Crippen molar-refractivity contribution >= 4 is 29.3 Å². The average Bonchev–Trinajstić information content (AvgIpc) is 4.03. The third kappa shape index (κ3) is 8.23. The number of anilines is 1. The molecule has 3 N–H and O–H groups in total. The number of hydrogen-bond acceptors (Lipinski definition) is 7. The van der Waals surface area contributed by atoms with Gasteiger partial charge in [0.05, 0.1) is 5.69 Å². The number of carbonyl (C=O) groups is 4. The van der Waals surface area contributed by atoms with Crippen LogP contribution in [0, 0.1) is 23.6 Å². The van der Waals surface area contributed by atoms with Gasteiger partial charge in [0.1, 0.15) is 29.7 Å². The molecule has 12 nitrogen and oxygen atoms in total. The van der Waals surface area contributed by atoms with Crippen LogP contribution in [-0.2, 0) is 25.7 Å². The second-order valence-corrected chi connectivity index (χ2v) is 13.5. The van der Waals surface area contributed by atoms with Crippen molar-refractivity contribution in [3.63, 3.8) is 0 Å². The van der Waals surface area contributed by atoms with E-state index >= 15 is 4.39 Å². The lowest BCUT2D eigenvalue weighted by molar-refractivity contribution is -0.141. The second-order valence-electron chi connectivity index (χ2n) is 13.5. The van der Waals surface area contributed by atoms with E-state index in [4.69, 9.17) is 4.74 Å². The number of nitrogens with zero attached hydrogens (tertiary/aromatic N) is 4. The van der Waals surface area contributed by atoms with Crippen LogP contribution in [0.1, 0.15) is 74.8 Å². The van der Waals surface area contributed by atoms with E-state index in [-0.39, 0.29) is 23.4 Å². The monoisotopic (exact) mass is 667 g/mol. The molecule has 0 unspecified atom stereocenters. The minimum atomic E-state index is -0.945. The highest BCUT2D eigenvalue weighted by molar-refractivity contribution is 6.01. The van der Waals surface area contributed by atoms with Gasteiger partial charge in [-0.1, -0.05) is 19.9 Å². The molecular formula is C35H50FN7O5. The maximum Gasteiger partial charge on any atom is 0.270 e. The Morgan fingerprint density at radius 1 is 0.958 bits per heavy atom. The van der Waals surface area contributed by atoms with Crippen molar-refractivity contribution in [2.24, 2.45) is 17.8 Å². The first-order valence-corrected chi connectivity index (χ1v) is 17.3. The number of carbonyl (C=O) groups excluding carboxylic acids is 4. The Hall–Kier alpha value is -3.84. The Morgan fingerprint density at radius 2 is 1.62 bits per heavy atom. The van der Waals surface area contributed by atoms with Crippen molar-refractivity contribution in [3.05, 3.63) is 47.5 Å². The van der Waals surface area contributed by atoms with E-state index in [0.717, 1.165) is 25.7 Å². The summed E-state index contributed by atoms with van der Waals surface area (Å²) in [6.07, 6.45) is 5.27. The number of likely N-dealkylation sites (N-methyl/N-ethyl adjacent to an activating group) is 1. The molecule has 2 aromatic rings. The quantitative estimate of drug-likeness (QED) is 0.266. The zero-order chi connectivity index (χ0) is 34.5. The molecule has 262 valence electrons. The Morgan fingerprint density at radius 3 is 2.19 bits per heavy atom. The van der Waals surface area contributed by atoms with Crippen LogP contribution < -0.4 is 16.0 Å². The van der Waals surface area contributed by atoms with Gasteiger partial charge in [0.2, 0.25) is 17.7 Å². The minimum Gasteiger partial charge on any atom is -0.372 e. The molecule has 4 amide bonds. The molecular weight excluding hydrogens is 617 g/mol. The zero-order valence-electron chi connectivity index (χ0n) is 28.7. The number of aromatic nitrogens is 2. The first-order chi connectivity index (χ1) is 23.1. The van der Waals surface area contributed by atoms with Crippen LogP contribution in [0.25, 0.3) is 0 Å². The molecule has 1 aromatic carbocycles. The van der Waals surface area contributed by atoms with Crippen molar-refractivity contribution in [2.75, 3.05) is 45.7 Å². The summed E-state index contributed by atoms with van der Waals surface area (Å²) in [4.78, 5) is 57.9. The van der Waals surface area contributed by atoms with Gasteiger partial charge in [0.25, 0.3) is 5.91 Å². The third-order valence-electron chi connectivity index (χ3n) is 10.1. The van der Waals surface area contributed by atoms with E-state index in [9.17, 15) is 19.2 Å². The predicted molar refractivity (Wildman–Crippen MR) is 179 cm³/mol. The summed E-state index contributed by atoms with van der Waals surface area (Å²) >= 11 is 0. The highest BCUT2D eigenvalue weighted by atomic mass is 19.1. The number of nitrogens with one attached hydrogen (secondary N) is 3. The fourth-order valence-corrected chi connectivity index (χ4v) is 6.87. The lowest BCUT2D eigenvalue weighted by Crippen LogP contribution is -2.57. The smallest absolute Gasteiger partial charge is 0.270 e. The van der Waals surface area contributed by atoms with Gasteiger partial charge in [-0.3, -0.25) is 23.9 Å². The van der Waals surface area contributed by atoms with Gasteiger partial charge in [-0.2, -0.15) is 5.10 Å². The van der Waals surface area contributed by atoms with Crippen LogP contribution in [0.15, 0.2) is 30.5 Å². The number of rotatable bonds is 15. The summed E-state index contributed by atoms with van der Waals surface area (Å²) in [5, 5.41) is 12.8. The second kappa shape index (κ2) is 15.6. The van der Waals surface area contributed by atoms with E-state index in [0.29, 0.717) is 62.2 Å². The van der Waals surface area contributed by atoms with E-state index in [1.54, 1.807) is 34.8 Å². The summed E-state index contributed by atoms with van der Waals surface area (Å²) in [6.45, 7) is 8.48. The molecule has 3 aliphatic rings. The summed E-state index contributed by atoms with van der Waals surface area (Å²) in [6, 6.07) is 4.30. The van der Waals surface area contributed by atoms with Gasteiger partial charge in [-0.05, 0) is 87.6 Å². The van der Waals surface area contributed by atoms with Gasteiger partial charge in [0, 0.05) is 51.9 Å². The molecule has 5 rings (SSSR count). The molecule has 4 atom stereocenters. The Kier molecular flexibility index (Phi) is 11.5. The van der Waals surface area contributed by atoms with Crippen molar-refractivity contribution in [1.29, 1.82) is 0 Å². The van der Waals surface area contributed by atoms with Gasteiger partial charge in [-0.15, -0.1) is 0 Å². The summed E-state index contributed by atoms with van der Waals surface area (Å²) in [5.41, 5.74) is 0.847. The minimum absolute atomic E-state index is 0.0180. The molecule has 48 heavy (non-hydrogen) atoms. The highest BCUT2D eigenvalue weighted by Gasteiger charge is 2.48. The highest BCUT2D eigenvalue weighted by Crippen LogP contribution is 2.51.